The van der Waals surface area contributed by atoms with Gasteiger partial charge in [0.05, 0.1) is 12.7 Å². The molecule has 3 heteroatoms. The van der Waals surface area contributed by atoms with Crippen LogP contribution in [0, 0.1) is 52.3 Å². The zero-order valence-electron chi connectivity index (χ0n) is 25.2. The van der Waals surface area contributed by atoms with Crippen molar-refractivity contribution in [2.24, 2.45) is 52.3 Å². The van der Waals surface area contributed by atoms with E-state index >= 15 is 0 Å². The van der Waals surface area contributed by atoms with Crippen LogP contribution in [0.2, 0.25) is 0 Å². The summed E-state index contributed by atoms with van der Waals surface area (Å²) in [4.78, 5) is 12.5. The third kappa shape index (κ3) is 4.93. The van der Waals surface area contributed by atoms with Gasteiger partial charge < -0.3 is 9.47 Å². The Hall–Kier alpha value is -1.61. The number of fused-ring (bicyclic) bond motifs is 5. The average molecular weight is 533 g/mol. The van der Waals surface area contributed by atoms with Crippen molar-refractivity contribution in [3.63, 3.8) is 0 Å². The summed E-state index contributed by atoms with van der Waals surface area (Å²) < 4.78 is 12.5. The molecule has 10 atom stereocenters. The average Bonchev–Trinajstić information content (AvgIpc) is 3.28. The van der Waals surface area contributed by atoms with Crippen LogP contribution in [0.4, 0.5) is 0 Å². The second-order valence-corrected chi connectivity index (χ2v) is 15.0. The van der Waals surface area contributed by atoms with Crippen LogP contribution in [0.15, 0.2) is 42.0 Å². The first-order valence-corrected chi connectivity index (χ1v) is 16.2. The van der Waals surface area contributed by atoms with Gasteiger partial charge in [0.25, 0.3) is 0 Å². The molecule has 0 amide bonds. The highest BCUT2D eigenvalue weighted by Gasteiger charge is 2.59. The lowest BCUT2D eigenvalue weighted by molar-refractivity contribution is -0.161. The maximum absolute atomic E-state index is 12.5. The zero-order valence-corrected chi connectivity index (χ0v) is 25.2. The molecule has 214 valence electrons. The van der Waals surface area contributed by atoms with Gasteiger partial charge in [-0.25, -0.2) is 0 Å². The summed E-state index contributed by atoms with van der Waals surface area (Å²) in [5, 5.41) is 0. The van der Waals surface area contributed by atoms with Gasteiger partial charge in [-0.3, -0.25) is 4.79 Å². The summed E-state index contributed by atoms with van der Waals surface area (Å²) in [7, 11) is 0. The maximum Gasteiger partial charge on any atom is 0.306 e. The second kappa shape index (κ2) is 10.7. The Kier molecular flexibility index (Phi) is 7.53. The van der Waals surface area contributed by atoms with E-state index in [9.17, 15) is 4.79 Å². The molecule has 3 nitrogen and oxygen atoms in total. The van der Waals surface area contributed by atoms with Gasteiger partial charge in [0.1, 0.15) is 6.10 Å². The van der Waals surface area contributed by atoms with E-state index in [1.807, 2.05) is 0 Å². The quantitative estimate of drug-likeness (QED) is 0.271. The topological polar surface area (TPSA) is 35.5 Å². The number of carbonyl (C=O) groups excluding carboxylic acids is 1. The fourth-order valence-electron chi connectivity index (χ4n) is 10.3. The molecule has 0 bridgehead atoms. The number of allylic oxidation sites excluding steroid dienone is 1. The molecule has 6 unspecified atom stereocenters. The van der Waals surface area contributed by atoms with Crippen LogP contribution in [0.5, 0.6) is 0 Å². The molecule has 4 aliphatic carbocycles. The largest absolute Gasteiger partial charge is 0.462 e. The molecule has 0 aromatic heterocycles. The Bertz CT molecular complexity index is 1060. The van der Waals surface area contributed by atoms with Gasteiger partial charge >= 0.3 is 5.97 Å². The first kappa shape index (κ1) is 27.6. The summed E-state index contributed by atoms with van der Waals surface area (Å²) in [6.45, 7) is 12.9. The number of cyclic esters (lactones) is 1. The molecule has 1 heterocycles. The first-order valence-electron chi connectivity index (χ1n) is 16.2. The van der Waals surface area contributed by atoms with Gasteiger partial charge in [0.15, 0.2) is 0 Å². The van der Waals surface area contributed by atoms with E-state index < -0.39 is 0 Å². The highest BCUT2D eigenvalue weighted by molar-refractivity contribution is 5.70. The molecule has 1 saturated heterocycles. The summed E-state index contributed by atoms with van der Waals surface area (Å²) in [6, 6.07) is 10.7. The van der Waals surface area contributed by atoms with Gasteiger partial charge in [0.2, 0.25) is 0 Å². The van der Waals surface area contributed by atoms with E-state index in [1.165, 1.54) is 56.9 Å². The lowest BCUT2D eigenvalue weighted by atomic mass is 9.44. The molecule has 4 fully saturated rings. The van der Waals surface area contributed by atoms with Crippen LogP contribution in [0.25, 0.3) is 0 Å². The molecule has 0 N–H and O–H groups in total. The Morgan fingerprint density at radius 1 is 0.974 bits per heavy atom. The summed E-state index contributed by atoms with van der Waals surface area (Å²) in [5.74, 6) is 4.62. The van der Waals surface area contributed by atoms with Crippen molar-refractivity contribution in [3.8, 4) is 0 Å². The van der Waals surface area contributed by atoms with E-state index in [-0.39, 0.29) is 17.5 Å². The standard InChI is InChI=1S/C36H52O3/c1-23(2)26-19-33(39-34(37)20-26)24(3)30-13-14-31-29-12-11-27-21-28(38-22-25-9-7-6-8-10-25)15-17-35(27,4)32(29)16-18-36(30,31)5/h6-10,13,23-24,26-29,31-33H,11-12,14-22H2,1-5H3/t24-,26?,27?,28-,29?,31?,32?,33?,35+,36-/m1/s1. The van der Waals surface area contributed by atoms with Crippen molar-refractivity contribution in [3.05, 3.63) is 47.5 Å². The van der Waals surface area contributed by atoms with Crippen molar-refractivity contribution >= 4 is 5.97 Å². The molecular weight excluding hydrogens is 480 g/mol. The van der Waals surface area contributed by atoms with E-state index in [2.05, 4.69) is 71.0 Å². The van der Waals surface area contributed by atoms with Gasteiger partial charge in [0, 0.05) is 12.3 Å². The van der Waals surface area contributed by atoms with Crippen LogP contribution in [-0.4, -0.2) is 18.2 Å². The predicted octanol–water partition coefficient (Wildman–Crippen LogP) is 8.76. The molecule has 39 heavy (non-hydrogen) atoms. The summed E-state index contributed by atoms with van der Waals surface area (Å²) in [6.07, 6.45) is 15.2. The molecule has 1 aliphatic heterocycles. The second-order valence-electron chi connectivity index (χ2n) is 15.0. The van der Waals surface area contributed by atoms with E-state index in [0.29, 0.717) is 35.7 Å². The number of carbonyl (C=O) groups is 1. The minimum atomic E-state index is 0.0235. The summed E-state index contributed by atoms with van der Waals surface area (Å²) >= 11 is 0. The van der Waals surface area contributed by atoms with Crippen LogP contribution < -0.4 is 0 Å². The number of ether oxygens (including phenoxy) is 2. The molecule has 3 saturated carbocycles. The fraction of sp³-hybridized carbons (Fsp3) is 0.750. The van der Waals surface area contributed by atoms with Crippen molar-refractivity contribution in [2.45, 2.75) is 118 Å². The third-order valence-electron chi connectivity index (χ3n) is 12.8. The Morgan fingerprint density at radius 2 is 1.77 bits per heavy atom. The molecule has 0 radical (unpaired) electrons. The van der Waals surface area contributed by atoms with Crippen molar-refractivity contribution in [1.82, 2.24) is 0 Å². The van der Waals surface area contributed by atoms with E-state index in [1.54, 1.807) is 5.57 Å². The minimum absolute atomic E-state index is 0.0235. The minimum Gasteiger partial charge on any atom is -0.462 e. The molecule has 1 aromatic rings. The van der Waals surface area contributed by atoms with Gasteiger partial charge in [-0.2, -0.15) is 0 Å². The Balaban J connectivity index is 1.12. The number of hydrogen-bond donors (Lipinski definition) is 0. The van der Waals surface area contributed by atoms with Crippen LogP contribution >= 0.6 is 0 Å². The van der Waals surface area contributed by atoms with Crippen LogP contribution in [0.1, 0.15) is 104 Å². The highest BCUT2D eigenvalue weighted by atomic mass is 16.5. The Morgan fingerprint density at radius 3 is 2.54 bits per heavy atom. The number of esters is 1. The summed E-state index contributed by atoms with van der Waals surface area (Å²) in [5.41, 5.74) is 3.66. The third-order valence-corrected chi connectivity index (χ3v) is 12.8. The lowest BCUT2D eigenvalue weighted by Gasteiger charge is -2.61. The molecule has 6 rings (SSSR count). The van der Waals surface area contributed by atoms with Crippen LogP contribution in [0.3, 0.4) is 0 Å². The fourth-order valence-corrected chi connectivity index (χ4v) is 10.3. The monoisotopic (exact) mass is 532 g/mol. The highest BCUT2D eigenvalue weighted by Crippen LogP contribution is 2.67. The van der Waals surface area contributed by atoms with Crippen molar-refractivity contribution in [2.75, 3.05) is 0 Å². The molecule has 5 aliphatic rings. The molecular formula is C36H52O3. The lowest BCUT2D eigenvalue weighted by Crippen LogP contribution is -2.54. The first-order chi connectivity index (χ1) is 18.7. The Labute approximate surface area is 237 Å². The normalized spacial score (nSPS) is 42.7. The molecule has 1 aromatic carbocycles. The van der Waals surface area contributed by atoms with Crippen LogP contribution in [-0.2, 0) is 20.9 Å². The number of benzene rings is 1. The van der Waals surface area contributed by atoms with E-state index in [0.717, 1.165) is 36.7 Å². The van der Waals surface area contributed by atoms with Crippen molar-refractivity contribution in [1.29, 1.82) is 0 Å². The van der Waals surface area contributed by atoms with Gasteiger partial charge in [-0.15, -0.1) is 0 Å². The smallest absolute Gasteiger partial charge is 0.306 e. The predicted molar refractivity (Wildman–Crippen MR) is 157 cm³/mol. The van der Waals surface area contributed by atoms with E-state index in [4.69, 9.17) is 9.47 Å². The van der Waals surface area contributed by atoms with Gasteiger partial charge in [-0.05, 0) is 110 Å². The van der Waals surface area contributed by atoms with Crippen molar-refractivity contribution < 1.29 is 14.3 Å². The number of hydrogen-bond acceptors (Lipinski definition) is 3. The molecule has 0 spiro atoms. The number of rotatable bonds is 6. The maximum atomic E-state index is 12.5. The van der Waals surface area contributed by atoms with Gasteiger partial charge in [-0.1, -0.05) is 76.6 Å². The zero-order chi connectivity index (χ0) is 27.4. The SMILES string of the molecule is CC(C)C1CC(=O)OC([C@H](C)C2=CCC3C4CCC5C[C@H](OCc6ccccc6)CC[C@]5(C)C4CC[C@]23C)C1.